The van der Waals surface area contributed by atoms with Crippen molar-refractivity contribution in [1.82, 2.24) is 40.4 Å². The van der Waals surface area contributed by atoms with Crippen LogP contribution in [0.25, 0.3) is 0 Å². The smallest absolute Gasteiger partial charge is 0.339 e. The van der Waals surface area contributed by atoms with Gasteiger partial charge < -0.3 is 41.1 Å². The summed E-state index contributed by atoms with van der Waals surface area (Å²) < 4.78 is 11.2. The fourth-order valence-corrected chi connectivity index (χ4v) is 6.40. The number of aliphatic carboxylic acids is 3. The van der Waals surface area contributed by atoms with E-state index in [4.69, 9.17) is 9.79 Å². The second-order valence-electron chi connectivity index (χ2n) is 12.0. The van der Waals surface area contributed by atoms with E-state index in [1.54, 1.807) is 26.5 Å². The lowest BCUT2D eigenvalue weighted by Gasteiger charge is -2.33. The van der Waals surface area contributed by atoms with Gasteiger partial charge in [-0.15, -0.1) is 9.24 Å². The standard InChI is InChI=1S/C28H54N8O12P2/c1-2-29-28(45)22(5-3-4-6-30-23(37)15-36(20-49)21-50(46,47)48)31-24(38)16-32-7-9-33(17-25(39)40)11-13-35(19-27(43)44)14-12-34(10-8-32)18-26(41)42/h22H,2-21,49H2,1H3,(H,29,45)(H,30,37)(H,31,38)(H,39,40)(H,41,42)(H,43,44)(H2,46,47,48)/t22-/m1/s1. The van der Waals surface area contributed by atoms with Gasteiger partial charge in [0, 0.05) is 71.7 Å². The van der Waals surface area contributed by atoms with E-state index in [0.29, 0.717) is 19.4 Å². The zero-order valence-electron chi connectivity index (χ0n) is 28.6. The van der Waals surface area contributed by atoms with Crippen molar-refractivity contribution in [1.29, 1.82) is 0 Å². The molecule has 22 heteroatoms. The highest BCUT2D eigenvalue weighted by Gasteiger charge is 2.24. The van der Waals surface area contributed by atoms with Gasteiger partial charge in [0.25, 0.3) is 0 Å². The first-order chi connectivity index (χ1) is 23.5. The summed E-state index contributed by atoms with van der Waals surface area (Å²) in [5, 5.41) is 36.3. The van der Waals surface area contributed by atoms with Gasteiger partial charge in [-0.1, -0.05) is 0 Å². The number of amides is 3. The van der Waals surface area contributed by atoms with Crippen LogP contribution in [-0.2, 0) is 33.3 Å². The van der Waals surface area contributed by atoms with E-state index in [0.717, 1.165) is 0 Å². The van der Waals surface area contributed by atoms with E-state index in [1.807, 2.05) is 0 Å². The summed E-state index contributed by atoms with van der Waals surface area (Å²) >= 11 is 0. The van der Waals surface area contributed by atoms with Crippen LogP contribution in [0.15, 0.2) is 0 Å². The zero-order valence-corrected chi connectivity index (χ0v) is 30.6. The molecule has 1 unspecified atom stereocenters. The van der Waals surface area contributed by atoms with Crippen molar-refractivity contribution >= 4 is 52.5 Å². The Morgan fingerprint density at radius 1 is 0.720 bits per heavy atom. The molecule has 50 heavy (non-hydrogen) atoms. The van der Waals surface area contributed by atoms with E-state index in [2.05, 4.69) is 25.2 Å². The Hall–Kier alpha value is -2.80. The molecular weight excluding hydrogens is 702 g/mol. The Morgan fingerprint density at radius 2 is 1.16 bits per heavy atom. The first kappa shape index (κ1) is 45.2. The third-order valence-corrected chi connectivity index (χ3v) is 8.91. The van der Waals surface area contributed by atoms with Crippen molar-refractivity contribution in [3.63, 3.8) is 0 Å². The summed E-state index contributed by atoms with van der Waals surface area (Å²) in [4.78, 5) is 99.0. The van der Waals surface area contributed by atoms with E-state index in [9.17, 15) is 48.7 Å². The predicted molar refractivity (Wildman–Crippen MR) is 184 cm³/mol. The second kappa shape index (κ2) is 24.4. The lowest BCUT2D eigenvalue weighted by atomic mass is 10.1. The number of hydrogen-bond acceptors (Lipinski definition) is 12. The van der Waals surface area contributed by atoms with Gasteiger partial charge >= 0.3 is 25.5 Å². The van der Waals surface area contributed by atoms with E-state index < -0.39 is 55.6 Å². The van der Waals surface area contributed by atoms with Crippen molar-refractivity contribution in [2.45, 2.75) is 32.2 Å². The Bertz CT molecular complexity index is 1130. The number of likely N-dealkylation sites (N-methyl/N-ethyl adjacent to an activating group) is 1. The number of carbonyl (C=O) groups is 6. The SMILES string of the molecule is CCNC(=O)[C@@H](CCCCNC(=O)CN(CP)CP(=O)(O)O)NC(=O)CN1CCN(CC(=O)O)CCN(CC(=O)O)CCN(CC(=O)O)CC1. The number of carbonyl (C=O) groups excluding carboxylic acids is 3. The van der Waals surface area contributed by atoms with Crippen molar-refractivity contribution in [3.05, 3.63) is 0 Å². The van der Waals surface area contributed by atoms with E-state index >= 15 is 0 Å². The Balaban J connectivity index is 2.87. The molecule has 1 heterocycles. The quantitative estimate of drug-likeness (QED) is 0.0420. The number of rotatable bonds is 21. The van der Waals surface area contributed by atoms with Gasteiger partial charge in [-0.25, -0.2) is 0 Å². The molecule has 0 aliphatic carbocycles. The molecule has 8 N–H and O–H groups in total. The molecule has 0 aromatic carbocycles. The molecule has 0 aromatic rings. The summed E-state index contributed by atoms with van der Waals surface area (Å²) in [5.74, 6) is -4.46. The molecule has 3 amide bonds. The van der Waals surface area contributed by atoms with Crippen LogP contribution >= 0.6 is 16.8 Å². The lowest BCUT2D eigenvalue weighted by Crippen LogP contribution is -2.52. The molecule has 1 aliphatic rings. The summed E-state index contributed by atoms with van der Waals surface area (Å²) in [6, 6.07) is -0.881. The van der Waals surface area contributed by atoms with Gasteiger partial charge in [-0.2, -0.15) is 0 Å². The Labute approximate surface area is 294 Å². The minimum atomic E-state index is -4.32. The zero-order chi connectivity index (χ0) is 37.7. The van der Waals surface area contributed by atoms with Crippen LogP contribution < -0.4 is 16.0 Å². The third kappa shape index (κ3) is 22.1. The molecule has 1 rings (SSSR count). The highest BCUT2D eigenvalue weighted by Crippen LogP contribution is 2.35. The van der Waals surface area contributed by atoms with Gasteiger partial charge in [0.2, 0.25) is 17.7 Å². The van der Waals surface area contributed by atoms with E-state index in [1.165, 1.54) is 4.90 Å². The lowest BCUT2D eigenvalue weighted by molar-refractivity contribution is -0.140. The van der Waals surface area contributed by atoms with Gasteiger partial charge in [-0.3, -0.25) is 57.8 Å². The summed E-state index contributed by atoms with van der Waals surface area (Å²) in [6.07, 6.45) is 0.817. The number of carboxylic acid groups (broad SMARTS) is 3. The summed E-state index contributed by atoms with van der Waals surface area (Å²) in [7, 11) is -2.01. The Morgan fingerprint density at radius 3 is 1.54 bits per heavy atom. The first-order valence-corrected chi connectivity index (χ1v) is 19.0. The van der Waals surface area contributed by atoms with Crippen LogP contribution in [0, 0.1) is 0 Å². The van der Waals surface area contributed by atoms with Gasteiger partial charge in [0.05, 0.1) is 32.7 Å². The van der Waals surface area contributed by atoms with Crippen molar-refractivity contribution < 1.29 is 58.4 Å². The second-order valence-corrected chi connectivity index (χ2v) is 13.9. The molecule has 0 saturated carbocycles. The fourth-order valence-electron chi connectivity index (χ4n) is 5.19. The van der Waals surface area contributed by atoms with E-state index in [-0.39, 0.29) is 104 Å². The maximum Gasteiger partial charge on any atom is 0.339 e. The maximum atomic E-state index is 13.2. The predicted octanol–water partition coefficient (Wildman–Crippen LogP) is -3.36. The molecule has 2 atom stereocenters. The normalized spacial score (nSPS) is 16.9. The maximum absolute atomic E-state index is 13.2. The molecule has 1 aliphatic heterocycles. The molecule has 0 aromatic heterocycles. The molecule has 0 bridgehead atoms. The fraction of sp³-hybridized carbons (Fsp3) is 0.786. The van der Waals surface area contributed by atoms with Crippen LogP contribution in [-0.4, -0.2) is 202 Å². The molecule has 288 valence electrons. The number of nitrogens with one attached hydrogen (secondary N) is 3. The average molecular weight is 757 g/mol. The van der Waals surface area contributed by atoms with Crippen molar-refractivity contribution in [3.8, 4) is 0 Å². The highest BCUT2D eigenvalue weighted by molar-refractivity contribution is 7.51. The average Bonchev–Trinajstić information content (AvgIpc) is 2.99. The molecule has 1 fully saturated rings. The molecule has 20 nitrogen and oxygen atoms in total. The molecule has 1 saturated heterocycles. The summed E-state index contributed by atoms with van der Waals surface area (Å²) in [6.45, 7) is 3.00. The molecule has 0 radical (unpaired) electrons. The molecule has 0 spiro atoms. The number of hydrogen-bond donors (Lipinski definition) is 8. The largest absolute Gasteiger partial charge is 0.480 e. The Kier molecular flexibility index (Phi) is 22.1. The number of nitrogens with zero attached hydrogens (tertiary/aromatic N) is 5. The van der Waals surface area contributed by atoms with Crippen LogP contribution in [0.4, 0.5) is 0 Å². The first-order valence-electron chi connectivity index (χ1n) is 16.4. The van der Waals surface area contributed by atoms with Crippen LogP contribution in [0.3, 0.4) is 0 Å². The van der Waals surface area contributed by atoms with Crippen LogP contribution in [0.1, 0.15) is 26.2 Å². The third-order valence-electron chi connectivity index (χ3n) is 7.63. The van der Waals surface area contributed by atoms with Gasteiger partial charge in [0.15, 0.2) is 0 Å². The van der Waals surface area contributed by atoms with Gasteiger partial charge in [0.1, 0.15) is 12.3 Å². The molecular formula is C28H54N8O12P2. The number of carboxylic acids is 3. The topological polar surface area (TPSA) is 273 Å². The summed E-state index contributed by atoms with van der Waals surface area (Å²) in [5.41, 5.74) is 0. The monoisotopic (exact) mass is 756 g/mol. The van der Waals surface area contributed by atoms with Gasteiger partial charge in [-0.05, 0) is 26.2 Å². The van der Waals surface area contributed by atoms with Crippen LogP contribution in [0.2, 0.25) is 0 Å². The van der Waals surface area contributed by atoms with Crippen LogP contribution in [0.5, 0.6) is 0 Å². The van der Waals surface area contributed by atoms with Crippen molar-refractivity contribution in [2.75, 3.05) is 111 Å². The highest BCUT2D eigenvalue weighted by atomic mass is 31.2. The number of unbranched alkanes of at least 4 members (excludes halogenated alkanes) is 1. The minimum absolute atomic E-state index is 0.153. The minimum Gasteiger partial charge on any atom is -0.480 e. The van der Waals surface area contributed by atoms with Crippen molar-refractivity contribution in [2.24, 2.45) is 0 Å².